The van der Waals surface area contributed by atoms with Crippen molar-refractivity contribution in [3.63, 3.8) is 0 Å². The van der Waals surface area contributed by atoms with Crippen molar-refractivity contribution < 1.29 is 13.2 Å². The molecule has 0 aliphatic carbocycles. The molecule has 0 amide bonds. The first-order valence-electron chi connectivity index (χ1n) is 6.44. The molecule has 0 unspecified atom stereocenters. The van der Waals surface area contributed by atoms with E-state index >= 15 is 0 Å². The Hall–Kier alpha value is -2.48. The quantitative estimate of drug-likeness (QED) is 0.714. The maximum absolute atomic E-state index is 12.6. The molecule has 0 N–H and O–H groups in total. The summed E-state index contributed by atoms with van der Waals surface area (Å²) in [5.41, 5.74) is 0.940. The van der Waals surface area contributed by atoms with E-state index in [2.05, 4.69) is 20.1 Å². The van der Waals surface area contributed by atoms with Crippen LogP contribution in [0, 0.1) is 6.92 Å². The molecule has 118 valence electrons. The Morgan fingerprint density at radius 3 is 2.35 bits per heavy atom. The molecule has 3 aromatic rings. The lowest BCUT2D eigenvalue weighted by Gasteiger charge is -2.08. The Labute approximate surface area is 133 Å². The number of alkyl halides is 3. The molecule has 23 heavy (non-hydrogen) atoms. The summed E-state index contributed by atoms with van der Waals surface area (Å²) in [4.78, 5) is 12.3. The Kier molecular flexibility index (Phi) is 3.77. The molecule has 0 aliphatic heterocycles. The van der Waals surface area contributed by atoms with E-state index in [1.54, 1.807) is 13.0 Å². The van der Waals surface area contributed by atoms with E-state index in [0.717, 1.165) is 12.1 Å². The standard InChI is InChI=1S/C14H9ClF3N5/c1-8-6-11(9-2-4-10(5-3-9)14(16,17)18)21-13(20-8)23-7-19-12(15)22-23/h2-7H,1H3. The maximum atomic E-state index is 12.6. The fourth-order valence-electron chi connectivity index (χ4n) is 1.97. The first-order chi connectivity index (χ1) is 10.8. The van der Waals surface area contributed by atoms with Gasteiger partial charge in [-0.15, -0.1) is 5.10 Å². The molecular weight excluding hydrogens is 331 g/mol. The van der Waals surface area contributed by atoms with Crippen LogP contribution in [0.4, 0.5) is 13.2 Å². The van der Waals surface area contributed by atoms with Crippen LogP contribution in [-0.4, -0.2) is 24.7 Å². The molecule has 0 atom stereocenters. The molecule has 2 heterocycles. The predicted molar refractivity (Wildman–Crippen MR) is 77.1 cm³/mol. The molecule has 0 fully saturated rings. The van der Waals surface area contributed by atoms with Crippen molar-refractivity contribution >= 4 is 11.6 Å². The first kappa shape index (κ1) is 15.4. The van der Waals surface area contributed by atoms with Gasteiger partial charge in [0, 0.05) is 11.3 Å². The van der Waals surface area contributed by atoms with Crippen molar-refractivity contribution in [3.8, 4) is 17.2 Å². The fourth-order valence-corrected chi connectivity index (χ4v) is 2.10. The number of benzene rings is 1. The van der Waals surface area contributed by atoms with E-state index in [-0.39, 0.29) is 11.2 Å². The van der Waals surface area contributed by atoms with Gasteiger partial charge in [-0.1, -0.05) is 12.1 Å². The minimum atomic E-state index is -4.37. The van der Waals surface area contributed by atoms with E-state index < -0.39 is 11.7 Å². The third kappa shape index (κ3) is 3.31. The second-order valence-corrected chi connectivity index (χ2v) is 5.07. The van der Waals surface area contributed by atoms with Crippen LogP contribution in [0.15, 0.2) is 36.7 Å². The Bertz CT molecular complexity index is 842. The van der Waals surface area contributed by atoms with Crippen molar-refractivity contribution in [3.05, 3.63) is 53.2 Å². The normalized spacial score (nSPS) is 11.7. The molecule has 0 radical (unpaired) electrons. The van der Waals surface area contributed by atoms with Gasteiger partial charge < -0.3 is 0 Å². The molecule has 0 spiro atoms. The van der Waals surface area contributed by atoms with Gasteiger partial charge >= 0.3 is 6.18 Å². The van der Waals surface area contributed by atoms with Crippen LogP contribution in [0.2, 0.25) is 5.28 Å². The molecule has 0 saturated heterocycles. The lowest BCUT2D eigenvalue weighted by Crippen LogP contribution is -2.05. The number of hydrogen-bond donors (Lipinski definition) is 0. The SMILES string of the molecule is Cc1cc(-c2ccc(C(F)(F)F)cc2)nc(-n2cnc(Cl)n2)n1. The van der Waals surface area contributed by atoms with E-state index in [0.29, 0.717) is 17.0 Å². The summed E-state index contributed by atoms with van der Waals surface area (Å²) in [6.07, 6.45) is -3.02. The van der Waals surface area contributed by atoms with Gasteiger partial charge in [0.15, 0.2) is 0 Å². The van der Waals surface area contributed by atoms with Gasteiger partial charge in [-0.3, -0.25) is 0 Å². The molecule has 1 aromatic carbocycles. The number of rotatable bonds is 2. The highest BCUT2D eigenvalue weighted by Crippen LogP contribution is 2.30. The number of nitrogens with zero attached hydrogens (tertiary/aromatic N) is 5. The van der Waals surface area contributed by atoms with E-state index in [9.17, 15) is 13.2 Å². The zero-order valence-corrected chi connectivity index (χ0v) is 12.5. The van der Waals surface area contributed by atoms with Crippen molar-refractivity contribution in [1.82, 2.24) is 24.7 Å². The molecule has 5 nitrogen and oxygen atoms in total. The summed E-state index contributed by atoms with van der Waals surface area (Å²) in [6.45, 7) is 1.75. The monoisotopic (exact) mass is 339 g/mol. The maximum Gasteiger partial charge on any atom is 0.416 e. The summed E-state index contributed by atoms with van der Waals surface area (Å²) in [7, 11) is 0. The summed E-state index contributed by atoms with van der Waals surface area (Å²) in [5, 5.41) is 3.95. The van der Waals surface area contributed by atoms with Crippen LogP contribution in [0.1, 0.15) is 11.3 Å². The van der Waals surface area contributed by atoms with Crippen LogP contribution in [-0.2, 0) is 6.18 Å². The number of hydrogen-bond acceptors (Lipinski definition) is 4. The molecule has 0 saturated carbocycles. The van der Waals surface area contributed by atoms with Gasteiger partial charge in [0.05, 0.1) is 11.3 Å². The topological polar surface area (TPSA) is 56.5 Å². The number of aromatic nitrogens is 5. The average Bonchev–Trinajstić information content (AvgIpc) is 2.92. The Morgan fingerprint density at radius 2 is 1.78 bits per heavy atom. The summed E-state index contributed by atoms with van der Waals surface area (Å²) in [6, 6.07) is 6.42. The van der Waals surface area contributed by atoms with Crippen molar-refractivity contribution in [2.24, 2.45) is 0 Å². The van der Waals surface area contributed by atoms with Gasteiger partial charge in [0.2, 0.25) is 5.28 Å². The van der Waals surface area contributed by atoms with Gasteiger partial charge in [-0.2, -0.15) is 17.9 Å². The van der Waals surface area contributed by atoms with Gasteiger partial charge in [0.25, 0.3) is 5.95 Å². The lowest BCUT2D eigenvalue weighted by atomic mass is 10.1. The molecule has 2 aromatic heterocycles. The third-order valence-corrected chi connectivity index (χ3v) is 3.19. The summed E-state index contributed by atoms with van der Waals surface area (Å²) < 4.78 is 39.1. The minimum Gasteiger partial charge on any atom is -0.216 e. The van der Waals surface area contributed by atoms with Crippen LogP contribution in [0.3, 0.4) is 0 Å². The molecule has 0 bridgehead atoms. The molecule has 9 heteroatoms. The van der Waals surface area contributed by atoms with Crippen LogP contribution < -0.4 is 0 Å². The predicted octanol–water partition coefficient (Wildman–Crippen LogP) is 3.70. The molecular formula is C14H9ClF3N5. The highest BCUT2D eigenvalue weighted by molar-refractivity contribution is 6.28. The van der Waals surface area contributed by atoms with E-state index in [4.69, 9.17) is 11.6 Å². The second-order valence-electron chi connectivity index (χ2n) is 4.73. The van der Waals surface area contributed by atoms with Crippen LogP contribution >= 0.6 is 11.6 Å². The lowest BCUT2D eigenvalue weighted by molar-refractivity contribution is -0.137. The fraction of sp³-hybridized carbons (Fsp3) is 0.143. The highest BCUT2D eigenvalue weighted by Gasteiger charge is 2.30. The zero-order valence-electron chi connectivity index (χ0n) is 11.7. The minimum absolute atomic E-state index is 0.0474. The number of aryl methyl sites for hydroxylation is 1. The van der Waals surface area contributed by atoms with Crippen LogP contribution in [0.25, 0.3) is 17.2 Å². The largest absolute Gasteiger partial charge is 0.416 e. The number of halogens is 4. The van der Waals surface area contributed by atoms with Gasteiger partial charge in [-0.25, -0.2) is 15.0 Å². The third-order valence-electron chi connectivity index (χ3n) is 3.02. The van der Waals surface area contributed by atoms with Crippen molar-refractivity contribution in [1.29, 1.82) is 0 Å². The Morgan fingerprint density at radius 1 is 1.09 bits per heavy atom. The van der Waals surface area contributed by atoms with Gasteiger partial charge in [0.1, 0.15) is 6.33 Å². The highest BCUT2D eigenvalue weighted by atomic mass is 35.5. The average molecular weight is 340 g/mol. The molecule has 3 rings (SSSR count). The zero-order chi connectivity index (χ0) is 16.6. The van der Waals surface area contributed by atoms with E-state index in [1.165, 1.54) is 23.1 Å². The second kappa shape index (κ2) is 5.62. The smallest absolute Gasteiger partial charge is 0.216 e. The Balaban J connectivity index is 2.01. The van der Waals surface area contributed by atoms with Gasteiger partial charge in [-0.05, 0) is 36.7 Å². The van der Waals surface area contributed by atoms with Crippen molar-refractivity contribution in [2.45, 2.75) is 13.1 Å². The first-order valence-corrected chi connectivity index (χ1v) is 6.81. The molecule has 0 aliphatic rings. The van der Waals surface area contributed by atoms with Crippen LogP contribution in [0.5, 0.6) is 0 Å². The summed E-state index contributed by atoms with van der Waals surface area (Å²) in [5.74, 6) is 0.235. The van der Waals surface area contributed by atoms with Crippen molar-refractivity contribution in [2.75, 3.05) is 0 Å². The summed E-state index contributed by atoms with van der Waals surface area (Å²) >= 11 is 5.66. The van der Waals surface area contributed by atoms with E-state index in [1.807, 2.05) is 0 Å².